The summed E-state index contributed by atoms with van der Waals surface area (Å²) in [5.74, 6) is 0.306. The Morgan fingerprint density at radius 2 is 1.38 bits per heavy atom. The molecule has 1 nitrogen and oxygen atoms in total. The topological polar surface area (TPSA) is 17.1 Å². The fourth-order valence-electron chi connectivity index (χ4n) is 2.54. The van der Waals surface area contributed by atoms with E-state index in [9.17, 15) is 4.79 Å². The third kappa shape index (κ3) is 5.95. The molecule has 0 heterocycles. The van der Waals surface area contributed by atoms with Gasteiger partial charge in [0.15, 0.2) is 0 Å². The lowest BCUT2D eigenvalue weighted by Gasteiger charge is -2.05. The van der Waals surface area contributed by atoms with Crippen LogP contribution in [0, 0.1) is 0 Å². The van der Waals surface area contributed by atoms with Crippen molar-refractivity contribution in [1.29, 1.82) is 0 Å². The number of unbranched alkanes of at least 4 members (excludes halogenated alkanes) is 2. The summed E-state index contributed by atoms with van der Waals surface area (Å²) in [5.41, 5.74) is 4.12. The largest absolute Gasteiger partial charge is 0.300 e. The lowest BCUT2D eigenvalue weighted by Crippen LogP contribution is -1.92. The second kappa shape index (κ2) is 8.41. The van der Waals surface area contributed by atoms with Crippen molar-refractivity contribution in [2.45, 2.75) is 45.4 Å². The first-order valence-corrected chi connectivity index (χ1v) is 7.85. The molecule has 0 radical (unpaired) electrons. The molecule has 0 amide bonds. The van der Waals surface area contributed by atoms with E-state index in [1.54, 1.807) is 6.92 Å². The van der Waals surface area contributed by atoms with Crippen LogP contribution in [0.2, 0.25) is 0 Å². The first kappa shape index (κ1) is 15.5. The van der Waals surface area contributed by atoms with Crippen LogP contribution in [0.1, 0.15) is 49.3 Å². The van der Waals surface area contributed by atoms with Gasteiger partial charge in [0.25, 0.3) is 0 Å². The van der Waals surface area contributed by atoms with Gasteiger partial charge in [-0.2, -0.15) is 0 Å². The molecule has 0 aromatic heterocycles. The number of carbonyl (C=O) groups excluding carboxylic acids is 1. The summed E-state index contributed by atoms with van der Waals surface area (Å²) in [5, 5.41) is 0. The smallest absolute Gasteiger partial charge is 0.129 e. The van der Waals surface area contributed by atoms with E-state index in [-0.39, 0.29) is 0 Å². The van der Waals surface area contributed by atoms with Crippen molar-refractivity contribution in [1.82, 2.24) is 0 Å². The number of ketones is 1. The zero-order chi connectivity index (χ0) is 14.9. The molecule has 0 saturated carbocycles. The van der Waals surface area contributed by atoms with Crippen LogP contribution in [0.15, 0.2) is 54.6 Å². The van der Waals surface area contributed by atoms with Gasteiger partial charge in [-0.25, -0.2) is 0 Å². The number of hydrogen-bond acceptors (Lipinski definition) is 1. The van der Waals surface area contributed by atoms with E-state index in [4.69, 9.17) is 0 Å². The summed E-state index contributed by atoms with van der Waals surface area (Å²) < 4.78 is 0. The van der Waals surface area contributed by atoms with E-state index in [0.29, 0.717) is 5.78 Å². The van der Waals surface area contributed by atoms with Gasteiger partial charge in [0.1, 0.15) is 5.78 Å². The van der Waals surface area contributed by atoms with Crippen LogP contribution in [0.3, 0.4) is 0 Å². The van der Waals surface area contributed by atoms with Crippen LogP contribution in [-0.2, 0) is 17.6 Å². The summed E-state index contributed by atoms with van der Waals surface area (Å²) in [6.45, 7) is 1.67. The van der Waals surface area contributed by atoms with Gasteiger partial charge in [-0.3, -0.25) is 0 Å². The van der Waals surface area contributed by atoms with Crippen LogP contribution in [0.25, 0.3) is 0 Å². The molecule has 0 spiro atoms. The number of benzene rings is 2. The molecule has 2 aromatic carbocycles. The van der Waals surface area contributed by atoms with E-state index in [0.717, 1.165) is 32.1 Å². The predicted octanol–water partition coefficient (Wildman–Crippen LogP) is 4.97. The number of carbonyl (C=O) groups is 1. The van der Waals surface area contributed by atoms with Crippen molar-refractivity contribution >= 4 is 5.78 Å². The minimum atomic E-state index is 0.306. The zero-order valence-electron chi connectivity index (χ0n) is 12.8. The average molecular weight is 280 g/mol. The highest BCUT2D eigenvalue weighted by atomic mass is 16.1. The van der Waals surface area contributed by atoms with Crippen molar-refractivity contribution in [2.75, 3.05) is 0 Å². The fourth-order valence-corrected chi connectivity index (χ4v) is 2.54. The Bertz CT molecular complexity index is 540. The normalized spacial score (nSPS) is 10.5. The number of Topliss-reactive ketones (excluding diaryl/α,β-unsaturated/α-hetero) is 1. The molecule has 110 valence electrons. The minimum absolute atomic E-state index is 0.306. The number of rotatable bonds is 8. The molecule has 21 heavy (non-hydrogen) atoms. The SMILES string of the molecule is CC(=O)CCCCCc1ccc(Cc2ccccc2)cc1. The lowest BCUT2D eigenvalue weighted by molar-refractivity contribution is -0.117. The van der Waals surface area contributed by atoms with Gasteiger partial charge in [-0.1, -0.05) is 61.0 Å². The third-order valence-corrected chi connectivity index (χ3v) is 3.77. The molecule has 0 fully saturated rings. The van der Waals surface area contributed by atoms with Gasteiger partial charge in [0.05, 0.1) is 0 Å². The highest BCUT2D eigenvalue weighted by Gasteiger charge is 1.98. The molecule has 0 bridgehead atoms. The number of hydrogen-bond donors (Lipinski definition) is 0. The van der Waals surface area contributed by atoms with Gasteiger partial charge in [0.2, 0.25) is 0 Å². The maximum Gasteiger partial charge on any atom is 0.129 e. The number of aryl methyl sites for hydroxylation is 1. The fraction of sp³-hybridized carbons (Fsp3) is 0.350. The molecule has 0 aliphatic heterocycles. The molecular formula is C20H24O. The Kier molecular flexibility index (Phi) is 6.21. The minimum Gasteiger partial charge on any atom is -0.300 e. The van der Waals surface area contributed by atoms with E-state index in [1.165, 1.54) is 23.1 Å². The molecular weight excluding hydrogens is 256 g/mol. The molecule has 0 N–H and O–H groups in total. The van der Waals surface area contributed by atoms with Crippen molar-refractivity contribution < 1.29 is 4.79 Å². The second-order valence-corrected chi connectivity index (χ2v) is 5.74. The lowest BCUT2D eigenvalue weighted by atomic mass is 10.0. The highest BCUT2D eigenvalue weighted by Crippen LogP contribution is 2.13. The average Bonchev–Trinajstić information content (AvgIpc) is 2.49. The van der Waals surface area contributed by atoms with Gasteiger partial charge in [-0.05, 0) is 49.3 Å². The van der Waals surface area contributed by atoms with Gasteiger partial charge in [-0.15, -0.1) is 0 Å². The maximum absolute atomic E-state index is 10.9. The molecule has 2 aromatic rings. The quantitative estimate of drug-likeness (QED) is 0.624. The Balaban J connectivity index is 1.75. The predicted molar refractivity (Wildman–Crippen MR) is 88.5 cm³/mol. The van der Waals surface area contributed by atoms with Gasteiger partial charge < -0.3 is 4.79 Å². The summed E-state index contributed by atoms with van der Waals surface area (Å²) in [6, 6.07) is 19.5. The summed E-state index contributed by atoms with van der Waals surface area (Å²) in [6.07, 6.45) is 6.19. The van der Waals surface area contributed by atoms with Crippen molar-refractivity contribution in [3.63, 3.8) is 0 Å². The standard InChI is InChI=1S/C20H24O/c1-17(21)8-4-2-5-9-18-12-14-20(15-13-18)16-19-10-6-3-7-11-19/h3,6-7,10-15H,2,4-5,8-9,16H2,1H3. The highest BCUT2D eigenvalue weighted by molar-refractivity contribution is 5.75. The third-order valence-electron chi connectivity index (χ3n) is 3.77. The van der Waals surface area contributed by atoms with Gasteiger partial charge in [0, 0.05) is 6.42 Å². The first-order valence-electron chi connectivity index (χ1n) is 7.85. The molecule has 0 aliphatic rings. The molecule has 2 rings (SSSR count). The van der Waals surface area contributed by atoms with E-state index in [1.807, 2.05) is 0 Å². The van der Waals surface area contributed by atoms with E-state index < -0.39 is 0 Å². The van der Waals surface area contributed by atoms with Crippen LogP contribution in [0.5, 0.6) is 0 Å². The Labute approximate surface area is 128 Å². The molecule has 0 aliphatic carbocycles. The molecule has 0 unspecified atom stereocenters. The van der Waals surface area contributed by atoms with Crippen LogP contribution >= 0.6 is 0 Å². The summed E-state index contributed by atoms with van der Waals surface area (Å²) in [4.78, 5) is 10.9. The Morgan fingerprint density at radius 1 is 0.762 bits per heavy atom. The van der Waals surface area contributed by atoms with Crippen LogP contribution < -0.4 is 0 Å². The van der Waals surface area contributed by atoms with Crippen LogP contribution in [0.4, 0.5) is 0 Å². The zero-order valence-corrected chi connectivity index (χ0v) is 12.8. The van der Waals surface area contributed by atoms with Crippen molar-refractivity contribution in [2.24, 2.45) is 0 Å². The second-order valence-electron chi connectivity index (χ2n) is 5.74. The molecule has 0 saturated heterocycles. The molecule has 0 atom stereocenters. The van der Waals surface area contributed by atoms with Gasteiger partial charge >= 0.3 is 0 Å². The van der Waals surface area contributed by atoms with Crippen LogP contribution in [-0.4, -0.2) is 5.78 Å². The first-order chi connectivity index (χ1) is 10.2. The van der Waals surface area contributed by atoms with E-state index in [2.05, 4.69) is 54.6 Å². The summed E-state index contributed by atoms with van der Waals surface area (Å²) >= 11 is 0. The monoisotopic (exact) mass is 280 g/mol. The molecule has 1 heteroatoms. The Morgan fingerprint density at radius 3 is 2.05 bits per heavy atom. The van der Waals surface area contributed by atoms with Crippen molar-refractivity contribution in [3.05, 3.63) is 71.3 Å². The maximum atomic E-state index is 10.9. The van der Waals surface area contributed by atoms with Crippen molar-refractivity contribution in [3.8, 4) is 0 Å². The Hall–Kier alpha value is -1.89. The summed E-state index contributed by atoms with van der Waals surface area (Å²) in [7, 11) is 0. The van der Waals surface area contributed by atoms with E-state index >= 15 is 0 Å².